The van der Waals surface area contributed by atoms with E-state index in [2.05, 4.69) is 51.8 Å². The van der Waals surface area contributed by atoms with Crippen LogP contribution in [0.1, 0.15) is 152 Å². The molecule has 9 nitrogen and oxygen atoms in total. The van der Waals surface area contributed by atoms with Crippen molar-refractivity contribution in [3.63, 3.8) is 0 Å². The van der Waals surface area contributed by atoms with E-state index in [4.69, 9.17) is 4.74 Å². The number of aliphatic hydroxyl groups excluding tert-OH is 1. The van der Waals surface area contributed by atoms with Gasteiger partial charge >= 0.3 is 11.9 Å². The molecule has 55 heavy (non-hydrogen) atoms. The first-order valence-electron chi connectivity index (χ1n) is 22.3. The van der Waals surface area contributed by atoms with Crippen LogP contribution in [0.2, 0.25) is 0 Å². The van der Waals surface area contributed by atoms with Gasteiger partial charge in [0, 0.05) is 30.1 Å². The Balaban J connectivity index is 1.10. The van der Waals surface area contributed by atoms with Crippen LogP contribution >= 0.6 is 0 Å². The fourth-order valence-electron chi connectivity index (χ4n) is 15.3. The molecule has 0 spiro atoms. The minimum atomic E-state index is -2.97. The second-order valence-corrected chi connectivity index (χ2v) is 24.9. The van der Waals surface area contributed by atoms with Crippen molar-refractivity contribution in [3.05, 3.63) is 0 Å². The Hall–Kier alpha value is -1.23. The average molecular weight is 789 g/mol. The Bertz CT molecular complexity index is 1590. The second kappa shape index (κ2) is 13.9. The van der Waals surface area contributed by atoms with E-state index >= 15 is 0 Å². The zero-order valence-corrected chi connectivity index (χ0v) is 36.7. The maximum atomic E-state index is 13.2. The second-order valence-electron chi connectivity index (χ2n) is 22.6. The number of aliphatic carboxylic acids is 1. The number of hydrogen-bond donors (Lipinski definition) is 3. The maximum Gasteiger partial charge on any atom is 0.309 e. The number of fused-ring (bicyclic) bond motifs is 7. The number of esters is 1. The molecule has 0 amide bonds. The lowest BCUT2D eigenvalue weighted by Crippen LogP contribution is -2.69. The molecule has 0 aromatic carbocycles. The van der Waals surface area contributed by atoms with Crippen LogP contribution in [0.4, 0.5) is 0 Å². The number of carbonyl (C=O) groups excluding carboxylic acids is 1. The van der Waals surface area contributed by atoms with E-state index < -0.39 is 27.3 Å². The van der Waals surface area contributed by atoms with Crippen LogP contribution in [0.25, 0.3) is 0 Å². The molecule has 0 aromatic rings. The standard InChI is InChI=1S/C45H76N2O7S/c1-29(48)32(47-24-26-55(52,53)27-25-47)15-23-46-45-18-12-30(41(6)19-20-41)37(45)31-10-11-34-42(7)16-14-35(54-36(49)28-39(2,3)38(50)51)40(4,5)33(42)13-17-44(34,9)43(31,8)21-22-45/h29-35,37,46,48H,10-28H2,1-9H3,(H,50,51)/t29?,30-,31-,32?,33+,34-,35+,37-,42+,43-,44-,45+/m1/s1. The minimum Gasteiger partial charge on any atom is -0.481 e. The first kappa shape index (κ1) is 41.9. The predicted molar refractivity (Wildman–Crippen MR) is 216 cm³/mol. The fourth-order valence-corrected chi connectivity index (χ4v) is 16.6. The Labute approximate surface area is 333 Å². The van der Waals surface area contributed by atoms with Gasteiger partial charge in [-0.05, 0) is 162 Å². The van der Waals surface area contributed by atoms with Gasteiger partial charge in [0.2, 0.25) is 0 Å². The van der Waals surface area contributed by atoms with Gasteiger partial charge in [0.15, 0.2) is 9.84 Å². The first-order chi connectivity index (χ1) is 25.4. The monoisotopic (exact) mass is 789 g/mol. The van der Waals surface area contributed by atoms with Crippen LogP contribution in [-0.4, -0.2) is 90.4 Å². The molecule has 6 saturated carbocycles. The number of sulfone groups is 1. The Morgan fingerprint density at radius 2 is 1.51 bits per heavy atom. The average Bonchev–Trinajstić information content (AvgIpc) is 3.71. The number of ether oxygens (including phenoxy) is 1. The third kappa shape index (κ3) is 6.86. The van der Waals surface area contributed by atoms with Gasteiger partial charge in [-0.2, -0.15) is 0 Å². The SMILES string of the molecule is CC(O)C(CCN[C@]12CC[C@@H](C3(C)CC3)[C@@H]1[C@H]1CC[C@@H]3[C@@]4(C)CC[C@H](OC(=O)CC(C)(C)C(=O)O)C(C)(C)[C@@H]4CC[C@@]3(C)[C@]1(C)CC2)N1CCS(=O)(=O)CC1. The molecule has 7 aliphatic rings. The molecule has 314 valence electrons. The summed E-state index contributed by atoms with van der Waals surface area (Å²) in [5.74, 6) is 2.12. The Kier molecular flexibility index (Phi) is 10.6. The molecule has 0 aromatic heterocycles. The molecule has 7 rings (SSSR count). The Morgan fingerprint density at radius 3 is 2.13 bits per heavy atom. The van der Waals surface area contributed by atoms with Gasteiger partial charge in [-0.3, -0.25) is 14.5 Å². The molecule has 10 heteroatoms. The largest absolute Gasteiger partial charge is 0.481 e. The number of hydrogen-bond acceptors (Lipinski definition) is 8. The highest BCUT2D eigenvalue weighted by atomic mass is 32.2. The number of aliphatic hydroxyl groups is 1. The van der Waals surface area contributed by atoms with E-state index in [1.807, 2.05) is 6.92 Å². The molecule has 0 bridgehead atoms. The zero-order chi connectivity index (χ0) is 40.2. The van der Waals surface area contributed by atoms with Crippen LogP contribution in [0.15, 0.2) is 0 Å². The summed E-state index contributed by atoms with van der Waals surface area (Å²) in [7, 11) is -2.97. The third-order valence-electron chi connectivity index (χ3n) is 19.1. The van der Waals surface area contributed by atoms with E-state index in [1.165, 1.54) is 57.8 Å². The van der Waals surface area contributed by atoms with Crippen molar-refractivity contribution in [2.24, 2.45) is 62.1 Å². The summed E-state index contributed by atoms with van der Waals surface area (Å²) in [4.78, 5) is 27.2. The van der Waals surface area contributed by atoms with Crippen LogP contribution in [0.5, 0.6) is 0 Å². The van der Waals surface area contributed by atoms with Crippen molar-refractivity contribution in [2.75, 3.05) is 31.1 Å². The molecular formula is C45H76N2O7S. The van der Waals surface area contributed by atoms with Gasteiger partial charge in [0.05, 0.1) is 29.4 Å². The maximum absolute atomic E-state index is 13.2. The van der Waals surface area contributed by atoms with Crippen LogP contribution in [0.3, 0.4) is 0 Å². The molecule has 12 atom stereocenters. The van der Waals surface area contributed by atoms with Gasteiger partial charge in [0.25, 0.3) is 0 Å². The third-order valence-corrected chi connectivity index (χ3v) is 20.7. The highest BCUT2D eigenvalue weighted by Gasteiger charge is 2.72. The topological polar surface area (TPSA) is 133 Å². The van der Waals surface area contributed by atoms with Crippen molar-refractivity contribution in [3.8, 4) is 0 Å². The molecule has 0 radical (unpaired) electrons. The summed E-state index contributed by atoms with van der Waals surface area (Å²) in [6, 6.07) is -0.0328. The van der Waals surface area contributed by atoms with Gasteiger partial charge in [-0.15, -0.1) is 0 Å². The van der Waals surface area contributed by atoms with Crippen molar-refractivity contribution < 1.29 is 33.0 Å². The molecule has 1 heterocycles. The zero-order valence-electron chi connectivity index (χ0n) is 35.8. The first-order valence-corrected chi connectivity index (χ1v) is 24.1. The lowest BCUT2D eigenvalue weighted by Gasteiger charge is -2.73. The summed E-state index contributed by atoms with van der Waals surface area (Å²) >= 11 is 0. The van der Waals surface area contributed by atoms with Crippen LogP contribution < -0.4 is 5.32 Å². The number of carboxylic acid groups (broad SMARTS) is 1. The number of nitrogens with one attached hydrogen (secondary N) is 1. The number of rotatable bonds is 11. The summed E-state index contributed by atoms with van der Waals surface area (Å²) < 4.78 is 30.6. The van der Waals surface area contributed by atoms with Gasteiger partial charge in [-0.25, -0.2) is 8.42 Å². The van der Waals surface area contributed by atoms with Gasteiger partial charge in [0.1, 0.15) is 6.10 Å². The van der Waals surface area contributed by atoms with Crippen molar-refractivity contribution in [1.82, 2.24) is 10.2 Å². The van der Waals surface area contributed by atoms with Crippen molar-refractivity contribution in [2.45, 2.75) is 176 Å². The highest BCUT2D eigenvalue weighted by molar-refractivity contribution is 7.91. The minimum absolute atomic E-state index is 0.0328. The summed E-state index contributed by atoms with van der Waals surface area (Å²) in [6.45, 7) is 22.2. The molecule has 7 fully saturated rings. The quantitative estimate of drug-likeness (QED) is 0.182. The smallest absolute Gasteiger partial charge is 0.309 e. The normalized spacial score (nSPS) is 44.2. The molecule has 1 saturated heterocycles. The van der Waals surface area contributed by atoms with Gasteiger partial charge in [-0.1, -0.05) is 41.5 Å². The lowest BCUT2D eigenvalue weighted by atomic mass is 9.32. The lowest BCUT2D eigenvalue weighted by molar-refractivity contribution is -0.248. The molecule has 2 unspecified atom stereocenters. The Morgan fingerprint density at radius 1 is 0.836 bits per heavy atom. The summed E-state index contributed by atoms with van der Waals surface area (Å²) in [5.41, 5.74) is -0.139. The van der Waals surface area contributed by atoms with E-state index in [9.17, 15) is 28.2 Å². The highest BCUT2D eigenvalue weighted by Crippen LogP contribution is 2.77. The van der Waals surface area contributed by atoms with E-state index in [0.717, 1.165) is 38.1 Å². The number of nitrogens with zero attached hydrogens (tertiary/aromatic N) is 1. The number of carboxylic acids is 1. The summed E-state index contributed by atoms with van der Waals surface area (Å²) in [5, 5.41) is 24.8. The predicted octanol–water partition coefficient (Wildman–Crippen LogP) is 7.49. The van der Waals surface area contributed by atoms with Gasteiger partial charge < -0.3 is 20.3 Å². The van der Waals surface area contributed by atoms with Crippen LogP contribution in [0, 0.1) is 62.1 Å². The molecule has 3 N–H and O–H groups in total. The molecule has 1 aliphatic heterocycles. The number of carbonyl (C=O) groups is 2. The summed E-state index contributed by atoms with van der Waals surface area (Å²) in [6.07, 6.45) is 14.5. The van der Waals surface area contributed by atoms with E-state index in [0.29, 0.717) is 42.2 Å². The van der Waals surface area contributed by atoms with E-state index in [1.54, 1.807) is 13.8 Å². The van der Waals surface area contributed by atoms with E-state index in [-0.39, 0.29) is 63.2 Å². The van der Waals surface area contributed by atoms with Crippen molar-refractivity contribution in [1.29, 1.82) is 0 Å². The molecule has 6 aliphatic carbocycles. The van der Waals surface area contributed by atoms with Crippen molar-refractivity contribution >= 4 is 21.8 Å². The van der Waals surface area contributed by atoms with Crippen LogP contribution in [-0.2, 0) is 24.2 Å². The fraction of sp³-hybridized carbons (Fsp3) is 0.956. The molecular weight excluding hydrogens is 713 g/mol.